The normalized spacial score (nSPS) is 18.2. The van der Waals surface area contributed by atoms with Gasteiger partial charge in [-0.3, -0.25) is 9.69 Å². The van der Waals surface area contributed by atoms with Crippen LogP contribution in [0.25, 0.3) is 0 Å². The summed E-state index contributed by atoms with van der Waals surface area (Å²) in [5, 5.41) is 13.2. The molecule has 5 heteroatoms. The topological polar surface area (TPSA) is 56.1 Å². The van der Waals surface area contributed by atoms with Gasteiger partial charge in [0.15, 0.2) is 0 Å². The smallest absolute Gasteiger partial charge is 0.238 e. The lowest BCUT2D eigenvalue weighted by atomic mass is 9.82. The molecular formula is C18H24ClN3O. The standard InChI is InChI=1S/C18H24ClN3O/c1-14(22(2)12-15-8-4-5-9-16(15)19)17(23)21-18(13-20)10-6-3-7-11-18/h4-5,8-9,14H,3,6-7,10-12H2,1-2H3,(H,21,23). The molecule has 0 aliphatic heterocycles. The van der Waals surface area contributed by atoms with Crippen molar-refractivity contribution in [3.05, 3.63) is 34.9 Å². The second-order valence-electron chi connectivity index (χ2n) is 6.43. The highest BCUT2D eigenvalue weighted by atomic mass is 35.5. The summed E-state index contributed by atoms with van der Waals surface area (Å²) in [6, 6.07) is 9.65. The molecule has 2 rings (SSSR count). The zero-order valence-electron chi connectivity index (χ0n) is 13.8. The fraction of sp³-hybridized carbons (Fsp3) is 0.556. The highest BCUT2D eigenvalue weighted by Crippen LogP contribution is 2.27. The minimum Gasteiger partial charge on any atom is -0.336 e. The van der Waals surface area contributed by atoms with Crippen LogP contribution in [0, 0.1) is 11.3 Å². The van der Waals surface area contributed by atoms with Crippen molar-refractivity contribution in [3.63, 3.8) is 0 Å². The van der Waals surface area contributed by atoms with Crippen molar-refractivity contribution >= 4 is 17.5 Å². The third kappa shape index (κ3) is 4.46. The van der Waals surface area contributed by atoms with Crippen molar-refractivity contribution < 1.29 is 4.79 Å². The van der Waals surface area contributed by atoms with Crippen LogP contribution in [0.5, 0.6) is 0 Å². The lowest BCUT2D eigenvalue weighted by Gasteiger charge is -2.34. The maximum atomic E-state index is 12.6. The highest BCUT2D eigenvalue weighted by Gasteiger charge is 2.35. The Morgan fingerprint density at radius 1 is 1.39 bits per heavy atom. The Bertz CT molecular complexity index is 590. The summed E-state index contributed by atoms with van der Waals surface area (Å²) in [4.78, 5) is 14.5. The molecule has 1 atom stereocenters. The molecule has 1 aliphatic carbocycles. The summed E-state index contributed by atoms with van der Waals surface area (Å²) in [6.07, 6.45) is 4.63. The number of hydrogen-bond donors (Lipinski definition) is 1. The molecule has 0 saturated heterocycles. The van der Waals surface area contributed by atoms with E-state index in [-0.39, 0.29) is 11.9 Å². The van der Waals surface area contributed by atoms with Gasteiger partial charge in [-0.2, -0.15) is 5.26 Å². The Morgan fingerprint density at radius 3 is 2.65 bits per heavy atom. The molecule has 1 aliphatic rings. The molecule has 0 bridgehead atoms. The first-order valence-corrected chi connectivity index (χ1v) is 8.52. The van der Waals surface area contributed by atoms with Crippen LogP contribution < -0.4 is 5.32 Å². The van der Waals surface area contributed by atoms with Crippen LogP contribution in [0.3, 0.4) is 0 Å². The molecule has 1 fully saturated rings. The Morgan fingerprint density at radius 2 is 2.04 bits per heavy atom. The van der Waals surface area contributed by atoms with Crippen molar-refractivity contribution in [2.75, 3.05) is 7.05 Å². The van der Waals surface area contributed by atoms with E-state index in [1.165, 1.54) is 0 Å². The number of carbonyl (C=O) groups is 1. The minimum absolute atomic E-state index is 0.0944. The first-order valence-electron chi connectivity index (χ1n) is 8.14. The van der Waals surface area contributed by atoms with E-state index in [0.717, 1.165) is 37.7 Å². The Hall–Kier alpha value is -1.57. The number of amides is 1. The molecule has 1 N–H and O–H groups in total. The van der Waals surface area contributed by atoms with Crippen LogP contribution >= 0.6 is 11.6 Å². The second kappa shape index (κ2) is 7.81. The number of halogens is 1. The average molecular weight is 334 g/mol. The number of carbonyl (C=O) groups excluding carboxylic acids is 1. The molecule has 1 aromatic rings. The van der Waals surface area contributed by atoms with Gasteiger partial charge in [-0.15, -0.1) is 0 Å². The third-order valence-corrected chi connectivity index (χ3v) is 5.07. The van der Waals surface area contributed by atoms with Crippen molar-refractivity contribution in [1.82, 2.24) is 10.2 Å². The first-order chi connectivity index (χ1) is 11.0. The van der Waals surface area contributed by atoms with E-state index in [2.05, 4.69) is 11.4 Å². The molecule has 0 spiro atoms. The molecule has 0 aromatic heterocycles. The largest absolute Gasteiger partial charge is 0.336 e. The Kier molecular flexibility index (Phi) is 6.04. The van der Waals surface area contributed by atoms with Crippen LogP contribution in [0.2, 0.25) is 5.02 Å². The van der Waals surface area contributed by atoms with Gasteiger partial charge in [0.1, 0.15) is 5.54 Å². The van der Waals surface area contributed by atoms with Crippen LogP contribution in [0.4, 0.5) is 0 Å². The molecule has 23 heavy (non-hydrogen) atoms. The Labute approximate surface area is 143 Å². The molecule has 1 amide bonds. The number of benzene rings is 1. The SMILES string of the molecule is CC(C(=O)NC1(C#N)CCCCC1)N(C)Cc1ccccc1Cl. The molecule has 1 saturated carbocycles. The number of likely N-dealkylation sites (N-methyl/N-ethyl adjacent to an activating group) is 1. The molecule has 0 radical (unpaired) electrons. The summed E-state index contributed by atoms with van der Waals surface area (Å²) < 4.78 is 0. The number of rotatable bonds is 5. The molecule has 124 valence electrons. The second-order valence-corrected chi connectivity index (χ2v) is 6.83. The quantitative estimate of drug-likeness (QED) is 0.897. The number of hydrogen-bond acceptors (Lipinski definition) is 3. The van der Waals surface area contributed by atoms with E-state index in [0.29, 0.717) is 11.6 Å². The number of nitriles is 1. The lowest BCUT2D eigenvalue weighted by Crippen LogP contribution is -2.54. The van der Waals surface area contributed by atoms with E-state index in [1.54, 1.807) is 0 Å². The van der Waals surface area contributed by atoms with Crippen LogP contribution in [-0.4, -0.2) is 29.4 Å². The predicted molar refractivity (Wildman–Crippen MR) is 92.0 cm³/mol. The molecular weight excluding hydrogens is 310 g/mol. The third-order valence-electron chi connectivity index (χ3n) is 4.70. The Balaban J connectivity index is 1.98. The van der Waals surface area contributed by atoms with Gasteiger partial charge in [0.2, 0.25) is 5.91 Å². The maximum Gasteiger partial charge on any atom is 0.238 e. The van der Waals surface area contributed by atoms with Gasteiger partial charge < -0.3 is 5.32 Å². The highest BCUT2D eigenvalue weighted by molar-refractivity contribution is 6.31. The summed E-state index contributed by atoms with van der Waals surface area (Å²) in [6.45, 7) is 2.45. The summed E-state index contributed by atoms with van der Waals surface area (Å²) in [7, 11) is 1.90. The fourth-order valence-electron chi connectivity index (χ4n) is 2.99. The van der Waals surface area contributed by atoms with E-state index in [4.69, 9.17) is 11.6 Å². The van der Waals surface area contributed by atoms with Crippen molar-refractivity contribution in [1.29, 1.82) is 5.26 Å². The van der Waals surface area contributed by atoms with Crippen LogP contribution in [0.15, 0.2) is 24.3 Å². The first kappa shape index (κ1) is 17.8. The van der Waals surface area contributed by atoms with Crippen molar-refractivity contribution in [3.8, 4) is 6.07 Å². The monoisotopic (exact) mass is 333 g/mol. The van der Waals surface area contributed by atoms with Gasteiger partial charge >= 0.3 is 0 Å². The van der Waals surface area contributed by atoms with Gasteiger partial charge in [0.25, 0.3) is 0 Å². The minimum atomic E-state index is -0.686. The van der Waals surface area contributed by atoms with Crippen molar-refractivity contribution in [2.45, 2.75) is 57.2 Å². The van der Waals surface area contributed by atoms with Gasteiger partial charge in [0, 0.05) is 11.6 Å². The summed E-state index contributed by atoms with van der Waals surface area (Å²) in [5.74, 6) is -0.0944. The molecule has 0 heterocycles. The molecule has 4 nitrogen and oxygen atoms in total. The van der Waals surface area contributed by atoms with E-state index in [1.807, 2.05) is 43.1 Å². The van der Waals surface area contributed by atoms with E-state index in [9.17, 15) is 10.1 Å². The van der Waals surface area contributed by atoms with Gasteiger partial charge in [0.05, 0.1) is 12.1 Å². The zero-order chi connectivity index (χ0) is 16.9. The van der Waals surface area contributed by atoms with Crippen LogP contribution in [0.1, 0.15) is 44.6 Å². The molecule has 1 aromatic carbocycles. The predicted octanol–water partition coefficient (Wildman–Crippen LogP) is 3.50. The number of nitrogens with zero attached hydrogens (tertiary/aromatic N) is 2. The van der Waals surface area contributed by atoms with Crippen molar-refractivity contribution in [2.24, 2.45) is 0 Å². The van der Waals surface area contributed by atoms with Gasteiger partial charge in [-0.1, -0.05) is 49.1 Å². The zero-order valence-corrected chi connectivity index (χ0v) is 14.6. The van der Waals surface area contributed by atoms with Crippen LogP contribution in [-0.2, 0) is 11.3 Å². The van der Waals surface area contributed by atoms with Gasteiger partial charge in [-0.05, 0) is 38.4 Å². The van der Waals surface area contributed by atoms with Gasteiger partial charge in [-0.25, -0.2) is 0 Å². The van der Waals surface area contributed by atoms with E-state index < -0.39 is 5.54 Å². The number of nitrogens with one attached hydrogen (secondary N) is 1. The lowest BCUT2D eigenvalue weighted by molar-refractivity contribution is -0.127. The maximum absolute atomic E-state index is 12.6. The average Bonchev–Trinajstić information content (AvgIpc) is 2.57. The summed E-state index contributed by atoms with van der Waals surface area (Å²) >= 11 is 6.18. The summed E-state index contributed by atoms with van der Waals surface area (Å²) in [5.41, 5.74) is 0.304. The molecule has 1 unspecified atom stereocenters. The van der Waals surface area contributed by atoms with E-state index >= 15 is 0 Å². The fourth-order valence-corrected chi connectivity index (χ4v) is 3.19.